The van der Waals surface area contributed by atoms with Gasteiger partial charge in [-0.1, -0.05) is 36.4 Å². The van der Waals surface area contributed by atoms with Crippen molar-refractivity contribution in [3.63, 3.8) is 0 Å². The van der Waals surface area contributed by atoms with Gasteiger partial charge in [0, 0.05) is 4.88 Å². The summed E-state index contributed by atoms with van der Waals surface area (Å²) in [4.78, 5) is 15.9. The molecule has 1 saturated heterocycles. The standard InChI is InChI=1S/C19H24N2OS/c1-15(19(22)20-14-18-8-5-13-23-18)21-11-9-17(10-12-21)16-6-3-2-4-7-16/h2-8,13,15,17H,9-12,14H2,1H3,(H,20,22). The fourth-order valence-electron chi connectivity index (χ4n) is 3.25. The van der Waals surface area contributed by atoms with Gasteiger partial charge in [0.15, 0.2) is 0 Å². The van der Waals surface area contributed by atoms with Gasteiger partial charge in [-0.05, 0) is 55.8 Å². The molecule has 1 aromatic carbocycles. The number of hydrogen-bond acceptors (Lipinski definition) is 3. The molecule has 3 rings (SSSR count). The zero-order valence-corrected chi connectivity index (χ0v) is 14.4. The lowest BCUT2D eigenvalue weighted by molar-refractivity contribution is -0.126. The minimum absolute atomic E-state index is 0.0494. The van der Waals surface area contributed by atoms with E-state index in [1.54, 1.807) is 11.3 Å². The van der Waals surface area contributed by atoms with Gasteiger partial charge >= 0.3 is 0 Å². The van der Waals surface area contributed by atoms with Crippen molar-refractivity contribution >= 4 is 17.2 Å². The van der Waals surface area contributed by atoms with Crippen LogP contribution in [0.15, 0.2) is 47.8 Å². The second kappa shape index (κ2) is 7.75. The first-order valence-electron chi connectivity index (χ1n) is 8.33. The van der Waals surface area contributed by atoms with Gasteiger partial charge in [-0.15, -0.1) is 11.3 Å². The normalized spacial score (nSPS) is 17.8. The molecule has 1 aliphatic heterocycles. The molecule has 1 amide bonds. The number of carbonyl (C=O) groups excluding carboxylic acids is 1. The predicted molar refractivity (Wildman–Crippen MR) is 95.6 cm³/mol. The minimum atomic E-state index is -0.0494. The Morgan fingerprint density at radius 1 is 1.22 bits per heavy atom. The molecule has 0 radical (unpaired) electrons. The summed E-state index contributed by atoms with van der Waals surface area (Å²) in [7, 11) is 0. The number of benzene rings is 1. The van der Waals surface area contributed by atoms with E-state index in [1.165, 1.54) is 10.4 Å². The molecule has 0 spiro atoms. The molecule has 3 nitrogen and oxygen atoms in total. The van der Waals surface area contributed by atoms with E-state index in [9.17, 15) is 4.79 Å². The zero-order chi connectivity index (χ0) is 16.1. The van der Waals surface area contributed by atoms with Crippen LogP contribution in [-0.2, 0) is 11.3 Å². The first kappa shape index (κ1) is 16.2. The molecule has 4 heteroatoms. The van der Waals surface area contributed by atoms with Crippen LogP contribution < -0.4 is 5.32 Å². The summed E-state index contributed by atoms with van der Waals surface area (Å²) in [5, 5.41) is 5.10. The van der Waals surface area contributed by atoms with Gasteiger partial charge in [-0.3, -0.25) is 9.69 Å². The van der Waals surface area contributed by atoms with E-state index >= 15 is 0 Å². The lowest BCUT2D eigenvalue weighted by atomic mass is 9.89. The fraction of sp³-hybridized carbons (Fsp3) is 0.421. The summed E-state index contributed by atoms with van der Waals surface area (Å²) >= 11 is 1.68. The van der Waals surface area contributed by atoms with Crippen LogP contribution in [0, 0.1) is 0 Å². The van der Waals surface area contributed by atoms with Crippen molar-refractivity contribution in [3.8, 4) is 0 Å². The van der Waals surface area contributed by atoms with E-state index in [4.69, 9.17) is 0 Å². The van der Waals surface area contributed by atoms with Crippen molar-refractivity contribution in [1.82, 2.24) is 10.2 Å². The SMILES string of the molecule is CC(C(=O)NCc1cccs1)N1CCC(c2ccccc2)CC1. The van der Waals surface area contributed by atoms with Gasteiger partial charge in [0.1, 0.15) is 0 Å². The molecule has 0 bridgehead atoms. The van der Waals surface area contributed by atoms with Crippen molar-refractivity contribution in [2.45, 2.75) is 38.3 Å². The lowest BCUT2D eigenvalue weighted by Gasteiger charge is -2.35. The van der Waals surface area contributed by atoms with Crippen LogP contribution in [0.5, 0.6) is 0 Å². The minimum Gasteiger partial charge on any atom is -0.350 e. The van der Waals surface area contributed by atoms with Crippen molar-refractivity contribution in [2.75, 3.05) is 13.1 Å². The number of hydrogen-bond donors (Lipinski definition) is 1. The summed E-state index contributed by atoms with van der Waals surface area (Å²) in [6.45, 7) is 4.65. The molecule has 2 aromatic rings. The Hall–Kier alpha value is -1.65. The van der Waals surface area contributed by atoms with E-state index < -0.39 is 0 Å². The number of rotatable bonds is 5. The number of amides is 1. The molecule has 0 saturated carbocycles. The third-order valence-corrected chi connectivity index (χ3v) is 5.62. The van der Waals surface area contributed by atoms with Crippen molar-refractivity contribution in [3.05, 3.63) is 58.3 Å². The third kappa shape index (κ3) is 4.21. The van der Waals surface area contributed by atoms with Gasteiger partial charge in [0.05, 0.1) is 12.6 Å². The van der Waals surface area contributed by atoms with Crippen molar-refractivity contribution in [2.24, 2.45) is 0 Å². The van der Waals surface area contributed by atoms with Gasteiger partial charge in [0.2, 0.25) is 5.91 Å². The monoisotopic (exact) mass is 328 g/mol. The van der Waals surface area contributed by atoms with Crippen LogP contribution in [0.1, 0.15) is 36.1 Å². The number of likely N-dealkylation sites (tertiary alicyclic amines) is 1. The second-order valence-corrected chi connectivity index (χ2v) is 7.23. The Morgan fingerprint density at radius 2 is 1.96 bits per heavy atom. The highest BCUT2D eigenvalue weighted by Crippen LogP contribution is 2.28. The maximum absolute atomic E-state index is 12.3. The van der Waals surface area contributed by atoms with Gasteiger partial charge in [-0.2, -0.15) is 0 Å². The number of piperidine rings is 1. The molecule has 1 N–H and O–H groups in total. The van der Waals surface area contributed by atoms with E-state index in [-0.39, 0.29) is 11.9 Å². The molecule has 2 heterocycles. The second-order valence-electron chi connectivity index (χ2n) is 6.19. The van der Waals surface area contributed by atoms with Crippen LogP contribution in [0.25, 0.3) is 0 Å². The highest BCUT2D eigenvalue weighted by molar-refractivity contribution is 7.09. The topological polar surface area (TPSA) is 32.3 Å². The molecule has 1 fully saturated rings. The molecular weight excluding hydrogens is 304 g/mol. The summed E-state index contributed by atoms with van der Waals surface area (Å²) in [5.41, 5.74) is 1.43. The third-order valence-electron chi connectivity index (χ3n) is 4.74. The van der Waals surface area contributed by atoms with E-state index in [1.807, 2.05) is 18.4 Å². The van der Waals surface area contributed by atoms with Crippen LogP contribution >= 0.6 is 11.3 Å². The molecule has 1 aliphatic rings. The number of nitrogens with one attached hydrogen (secondary N) is 1. The summed E-state index contributed by atoms with van der Waals surface area (Å²) in [6, 6.07) is 14.8. The molecule has 1 atom stereocenters. The van der Waals surface area contributed by atoms with Crippen molar-refractivity contribution in [1.29, 1.82) is 0 Å². The Labute approximate surface area is 142 Å². The lowest BCUT2D eigenvalue weighted by Crippen LogP contribution is -2.47. The molecule has 23 heavy (non-hydrogen) atoms. The first-order valence-corrected chi connectivity index (χ1v) is 9.21. The molecule has 1 aromatic heterocycles. The Morgan fingerprint density at radius 3 is 2.61 bits per heavy atom. The summed E-state index contributed by atoms with van der Waals surface area (Å²) in [5.74, 6) is 0.769. The quantitative estimate of drug-likeness (QED) is 0.909. The Kier molecular flexibility index (Phi) is 5.47. The molecule has 1 unspecified atom stereocenters. The van der Waals surface area contributed by atoms with Crippen LogP contribution in [0.3, 0.4) is 0 Å². The smallest absolute Gasteiger partial charge is 0.237 e. The fourth-order valence-corrected chi connectivity index (χ4v) is 3.89. The van der Waals surface area contributed by atoms with E-state index in [0.29, 0.717) is 12.5 Å². The van der Waals surface area contributed by atoms with Crippen LogP contribution in [0.2, 0.25) is 0 Å². The molecule has 122 valence electrons. The van der Waals surface area contributed by atoms with Gasteiger partial charge < -0.3 is 5.32 Å². The maximum Gasteiger partial charge on any atom is 0.237 e. The highest BCUT2D eigenvalue weighted by Gasteiger charge is 2.27. The average molecular weight is 328 g/mol. The highest BCUT2D eigenvalue weighted by atomic mass is 32.1. The number of thiophene rings is 1. The predicted octanol–water partition coefficient (Wildman–Crippen LogP) is 3.63. The summed E-state index contributed by atoms with van der Waals surface area (Å²) in [6.07, 6.45) is 2.26. The Balaban J connectivity index is 1.47. The Bertz CT molecular complexity index is 604. The maximum atomic E-state index is 12.3. The van der Waals surface area contributed by atoms with Gasteiger partial charge in [0.25, 0.3) is 0 Å². The van der Waals surface area contributed by atoms with E-state index in [0.717, 1.165) is 25.9 Å². The van der Waals surface area contributed by atoms with Crippen LogP contribution in [-0.4, -0.2) is 29.9 Å². The summed E-state index contributed by atoms with van der Waals surface area (Å²) < 4.78 is 0. The van der Waals surface area contributed by atoms with E-state index in [2.05, 4.69) is 46.6 Å². The zero-order valence-electron chi connectivity index (χ0n) is 13.6. The molecule has 0 aliphatic carbocycles. The number of carbonyl (C=O) groups is 1. The molecular formula is C19H24N2OS. The first-order chi connectivity index (χ1) is 11.2. The number of nitrogens with zero attached hydrogens (tertiary/aromatic N) is 1. The largest absolute Gasteiger partial charge is 0.350 e. The van der Waals surface area contributed by atoms with Gasteiger partial charge in [-0.25, -0.2) is 0 Å². The van der Waals surface area contributed by atoms with Crippen LogP contribution in [0.4, 0.5) is 0 Å². The van der Waals surface area contributed by atoms with Crippen molar-refractivity contribution < 1.29 is 4.79 Å². The average Bonchev–Trinajstić information content (AvgIpc) is 3.13.